The van der Waals surface area contributed by atoms with E-state index in [-0.39, 0.29) is 31.3 Å². The molecule has 0 aliphatic heterocycles. The van der Waals surface area contributed by atoms with Crippen molar-refractivity contribution in [1.29, 1.82) is 0 Å². The van der Waals surface area contributed by atoms with Gasteiger partial charge in [0.05, 0.1) is 12.7 Å². The minimum absolute atomic E-state index is 0.108. The first-order chi connectivity index (χ1) is 19.0. The topological polar surface area (TPSA) is 93.1 Å². The lowest BCUT2D eigenvalue weighted by Gasteiger charge is -2.15. The first-order valence-corrected chi connectivity index (χ1v) is 15.0. The third kappa shape index (κ3) is 26.9. The lowest BCUT2D eigenvalue weighted by Crippen LogP contribution is -2.28. The third-order valence-corrected chi connectivity index (χ3v) is 5.98. The fourth-order valence-corrected chi connectivity index (χ4v) is 3.54. The average Bonchev–Trinajstić information content (AvgIpc) is 2.94. The molecule has 0 aliphatic rings. The SMILES string of the molecule is CCCCCCCCCC(=O)O[C@@H](CO)COC(=O)CCC/C=C\C/C=C\C/C=C\C/C=C\C=C\[C@@H](O)CC. The van der Waals surface area contributed by atoms with Gasteiger partial charge in [0.1, 0.15) is 6.61 Å². The van der Waals surface area contributed by atoms with E-state index in [1.165, 1.54) is 25.7 Å². The van der Waals surface area contributed by atoms with Crippen LogP contribution in [0.1, 0.15) is 110 Å². The molecule has 222 valence electrons. The van der Waals surface area contributed by atoms with Crippen LogP contribution in [0, 0.1) is 0 Å². The van der Waals surface area contributed by atoms with Crippen LogP contribution < -0.4 is 0 Å². The number of allylic oxidation sites excluding steroid dienone is 9. The van der Waals surface area contributed by atoms with E-state index in [0.29, 0.717) is 19.3 Å². The second-order valence-corrected chi connectivity index (χ2v) is 9.65. The number of rotatable bonds is 25. The maximum Gasteiger partial charge on any atom is 0.306 e. The van der Waals surface area contributed by atoms with Crippen molar-refractivity contribution in [2.24, 2.45) is 0 Å². The van der Waals surface area contributed by atoms with Crippen LogP contribution in [0.15, 0.2) is 60.8 Å². The summed E-state index contributed by atoms with van der Waals surface area (Å²) in [5.74, 6) is -0.694. The smallest absolute Gasteiger partial charge is 0.306 e. The standard InChI is InChI=1S/C33H54O6/c1-3-5-6-7-16-21-24-27-33(37)39-31(28-34)29-38-32(36)26-23-20-18-15-13-11-9-8-10-12-14-17-19-22-25-30(35)4-2/h9-12,15,17-19,22,25,30-31,34-35H,3-8,13-14,16,20-21,23-24,26-29H2,1-2H3/b11-9-,12-10-,18-15-,19-17-,25-22+/t30-,31-/m0/s1. The van der Waals surface area contributed by atoms with Crippen LogP contribution in [0.5, 0.6) is 0 Å². The fourth-order valence-electron chi connectivity index (χ4n) is 3.54. The van der Waals surface area contributed by atoms with Crippen LogP contribution >= 0.6 is 0 Å². The first-order valence-electron chi connectivity index (χ1n) is 15.0. The molecular formula is C33H54O6. The number of carbonyl (C=O) groups excluding carboxylic acids is 2. The van der Waals surface area contributed by atoms with Gasteiger partial charge in [-0.1, -0.05) is 113 Å². The Morgan fingerprint density at radius 2 is 1.31 bits per heavy atom. The summed E-state index contributed by atoms with van der Waals surface area (Å²) in [6.07, 6.45) is 32.4. The lowest BCUT2D eigenvalue weighted by molar-refractivity contribution is -0.161. The van der Waals surface area contributed by atoms with Crippen LogP contribution in [-0.4, -0.2) is 47.6 Å². The molecule has 0 saturated carbocycles. The van der Waals surface area contributed by atoms with Gasteiger partial charge >= 0.3 is 11.9 Å². The number of hydrogen-bond acceptors (Lipinski definition) is 6. The predicted octanol–water partition coefficient (Wildman–Crippen LogP) is 7.47. The lowest BCUT2D eigenvalue weighted by atomic mass is 10.1. The molecule has 0 saturated heterocycles. The zero-order valence-electron chi connectivity index (χ0n) is 24.5. The van der Waals surface area contributed by atoms with Gasteiger partial charge in [-0.25, -0.2) is 0 Å². The highest BCUT2D eigenvalue weighted by Crippen LogP contribution is 2.10. The molecule has 0 unspecified atom stereocenters. The Hall–Kier alpha value is -2.44. The van der Waals surface area contributed by atoms with E-state index < -0.39 is 6.10 Å². The minimum Gasteiger partial charge on any atom is -0.462 e. The van der Waals surface area contributed by atoms with Crippen molar-refractivity contribution in [2.75, 3.05) is 13.2 Å². The highest BCUT2D eigenvalue weighted by molar-refractivity contribution is 5.70. The number of unbranched alkanes of at least 4 members (excludes halogenated alkanes) is 7. The number of aliphatic hydroxyl groups is 2. The van der Waals surface area contributed by atoms with E-state index >= 15 is 0 Å². The minimum atomic E-state index is -0.799. The maximum absolute atomic E-state index is 11.9. The van der Waals surface area contributed by atoms with Crippen LogP contribution in [-0.2, 0) is 19.1 Å². The van der Waals surface area contributed by atoms with Crippen molar-refractivity contribution in [3.63, 3.8) is 0 Å². The second-order valence-electron chi connectivity index (χ2n) is 9.65. The Labute approximate surface area is 237 Å². The van der Waals surface area contributed by atoms with E-state index in [4.69, 9.17) is 9.47 Å². The van der Waals surface area contributed by atoms with Gasteiger partial charge in [-0.3, -0.25) is 9.59 Å². The fraction of sp³-hybridized carbons (Fsp3) is 0.636. The molecule has 0 heterocycles. The van der Waals surface area contributed by atoms with Gasteiger partial charge in [0, 0.05) is 12.8 Å². The van der Waals surface area contributed by atoms with Crippen LogP contribution in [0.2, 0.25) is 0 Å². The van der Waals surface area contributed by atoms with Crippen LogP contribution in [0.4, 0.5) is 0 Å². The van der Waals surface area contributed by atoms with E-state index in [1.54, 1.807) is 6.08 Å². The van der Waals surface area contributed by atoms with Gasteiger partial charge < -0.3 is 19.7 Å². The quantitative estimate of drug-likeness (QED) is 0.0534. The summed E-state index contributed by atoms with van der Waals surface area (Å²) in [4.78, 5) is 23.9. The van der Waals surface area contributed by atoms with Crippen molar-refractivity contribution in [3.05, 3.63) is 60.8 Å². The monoisotopic (exact) mass is 546 g/mol. The summed E-state index contributed by atoms with van der Waals surface area (Å²) in [7, 11) is 0. The first kappa shape index (κ1) is 36.6. The molecule has 6 nitrogen and oxygen atoms in total. The summed E-state index contributed by atoms with van der Waals surface area (Å²) in [6.45, 7) is 3.67. The summed E-state index contributed by atoms with van der Waals surface area (Å²) in [5, 5.41) is 18.8. The number of aliphatic hydroxyl groups excluding tert-OH is 2. The summed E-state index contributed by atoms with van der Waals surface area (Å²) < 4.78 is 10.4. The van der Waals surface area contributed by atoms with E-state index in [2.05, 4.69) is 49.5 Å². The Bertz CT molecular complexity index is 734. The van der Waals surface area contributed by atoms with E-state index in [0.717, 1.165) is 51.4 Å². The van der Waals surface area contributed by atoms with Gasteiger partial charge in [0.2, 0.25) is 0 Å². The molecule has 6 heteroatoms. The molecule has 39 heavy (non-hydrogen) atoms. The Morgan fingerprint density at radius 1 is 0.718 bits per heavy atom. The van der Waals surface area contributed by atoms with Gasteiger partial charge in [0.25, 0.3) is 0 Å². The van der Waals surface area contributed by atoms with Gasteiger partial charge in [-0.05, 0) is 44.9 Å². The Kier molecular flexibility index (Phi) is 26.8. The number of hydrogen-bond donors (Lipinski definition) is 2. The molecule has 2 N–H and O–H groups in total. The van der Waals surface area contributed by atoms with Gasteiger partial charge in [0.15, 0.2) is 6.10 Å². The molecule has 0 aromatic heterocycles. The number of carbonyl (C=O) groups is 2. The molecule has 0 fully saturated rings. The molecule has 0 spiro atoms. The van der Waals surface area contributed by atoms with Crippen molar-refractivity contribution < 1.29 is 29.3 Å². The molecule has 0 rings (SSSR count). The van der Waals surface area contributed by atoms with E-state index in [1.807, 2.05) is 19.1 Å². The molecule has 0 aromatic carbocycles. The molecule has 0 aromatic rings. The van der Waals surface area contributed by atoms with Crippen molar-refractivity contribution in [3.8, 4) is 0 Å². The Morgan fingerprint density at radius 3 is 1.95 bits per heavy atom. The van der Waals surface area contributed by atoms with Gasteiger partial charge in [-0.2, -0.15) is 0 Å². The van der Waals surface area contributed by atoms with E-state index in [9.17, 15) is 19.8 Å². The third-order valence-electron chi connectivity index (χ3n) is 5.98. The molecule has 0 aliphatic carbocycles. The average molecular weight is 547 g/mol. The number of esters is 2. The summed E-state index contributed by atoms with van der Waals surface area (Å²) in [5.41, 5.74) is 0. The predicted molar refractivity (Wildman–Crippen MR) is 160 cm³/mol. The highest BCUT2D eigenvalue weighted by atomic mass is 16.6. The van der Waals surface area contributed by atoms with Crippen molar-refractivity contribution in [2.45, 2.75) is 122 Å². The molecule has 0 amide bonds. The summed E-state index contributed by atoms with van der Waals surface area (Å²) in [6, 6.07) is 0. The zero-order valence-corrected chi connectivity index (χ0v) is 24.5. The van der Waals surface area contributed by atoms with Crippen LogP contribution in [0.25, 0.3) is 0 Å². The second kappa shape index (κ2) is 28.6. The number of ether oxygens (including phenoxy) is 2. The molecule has 0 radical (unpaired) electrons. The normalized spacial score (nSPS) is 13.8. The Balaban J connectivity index is 3.78. The summed E-state index contributed by atoms with van der Waals surface area (Å²) >= 11 is 0. The molecule has 0 bridgehead atoms. The molecular weight excluding hydrogens is 492 g/mol. The van der Waals surface area contributed by atoms with Crippen LogP contribution in [0.3, 0.4) is 0 Å². The zero-order chi connectivity index (χ0) is 28.8. The van der Waals surface area contributed by atoms with Gasteiger partial charge in [-0.15, -0.1) is 0 Å². The maximum atomic E-state index is 11.9. The largest absolute Gasteiger partial charge is 0.462 e. The molecule has 2 atom stereocenters. The highest BCUT2D eigenvalue weighted by Gasteiger charge is 2.15. The van der Waals surface area contributed by atoms with Crippen molar-refractivity contribution in [1.82, 2.24) is 0 Å². The van der Waals surface area contributed by atoms with Crippen molar-refractivity contribution >= 4 is 11.9 Å².